The second-order valence-corrected chi connectivity index (χ2v) is 6.70. The lowest BCUT2D eigenvalue weighted by Gasteiger charge is -2.32. The third kappa shape index (κ3) is 4.66. The minimum atomic E-state index is -1.07. The van der Waals surface area contributed by atoms with Gasteiger partial charge in [0.2, 0.25) is 0 Å². The zero-order chi connectivity index (χ0) is 20.7. The Morgan fingerprint density at radius 2 is 1.61 bits per heavy atom. The molecule has 1 atom stereocenters. The predicted molar refractivity (Wildman–Crippen MR) is 101 cm³/mol. The summed E-state index contributed by atoms with van der Waals surface area (Å²) in [5.74, 6) is -0.282. The molecule has 0 radical (unpaired) electrons. The third-order valence-corrected chi connectivity index (χ3v) is 4.86. The van der Waals surface area contributed by atoms with Gasteiger partial charge in [-0.05, 0) is 19.8 Å². The lowest BCUT2D eigenvalue weighted by Crippen LogP contribution is -2.52. The molecule has 1 fully saturated rings. The smallest absolute Gasteiger partial charge is 0.342 e. The zero-order valence-electron chi connectivity index (χ0n) is 16.7. The summed E-state index contributed by atoms with van der Waals surface area (Å²) in [5.41, 5.74) is -0.788. The van der Waals surface area contributed by atoms with Crippen molar-refractivity contribution in [2.75, 3.05) is 21.3 Å². The molecule has 8 nitrogen and oxygen atoms in total. The molecule has 28 heavy (non-hydrogen) atoms. The normalized spacial score (nSPS) is 16.2. The number of hydrogen-bond donors (Lipinski definition) is 1. The van der Waals surface area contributed by atoms with Crippen molar-refractivity contribution in [2.45, 2.75) is 50.7 Å². The van der Waals surface area contributed by atoms with Crippen molar-refractivity contribution in [3.8, 4) is 23.3 Å². The van der Waals surface area contributed by atoms with Crippen LogP contribution in [0.3, 0.4) is 0 Å². The first-order chi connectivity index (χ1) is 13.4. The van der Waals surface area contributed by atoms with Gasteiger partial charge in [-0.1, -0.05) is 19.3 Å². The van der Waals surface area contributed by atoms with Crippen molar-refractivity contribution in [1.82, 2.24) is 5.32 Å². The van der Waals surface area contributed by atoms with Crippen molar-refractivity contribution in [2.24, 2.45) is 0 Å². The number of hydrogen-bond acceptors (Lipinski definition) is 7. The largest absolute Gasteiger partial charge is 0.496 e. The first-order valence-electron chi connectivity index (χ1n) is 9.14. The van der Waals surface area contributed by atoms with E-state index in [1.54, 1.807) is 0 Å². The Hall–Kier alpha value is -2.95. The highest BCUT2D eigenvalue weighted by molar-refractivity contribution is 5.95. The van der Waals surface area contributed by atoms with Crippen molar-refractivity contribution < 1.29 is 28.5 Å². The highest BCUT2D eigenvalue weighted by Crippen LogP contribution is 2.35. The summed E-state index contributed by atoms with van der Waals surface area (Å²) in [4.78, 5) is 25.1. The van der Waals surface area contributed by atoms with Crippen LogP contribution in [0.25, 0.3) is 0 Å². The molecule has 0 bridgehead atoms. The van der Waals surface area contributed by atoms with Gasteiger partial charge in [0, 0.05) is 12.1 Å². The van der Waals surface area contributed by atoms with Gasteiger partial charge in [-0.3, -0.25) is 4.79 Å². The van der Waals surface area contributed by atoms with E-state index >= 15 is 0 Å². The Morgan fingerprint density at radius 1 is 1.04 bits per heavy atom. The minimum absolute atomic E-state index is 0.104. The van der Waals surface area contributed by atoms with Gasteiger partial charge in [-0.15, -0.1) is 0 Å². The maximum atomic E-state index is 12.6. The molecule has 0 saturated heterocycles. The van der Waals surface area contributed by atoms with Gasteiger partial charge in [-0.2, -0.15) is 5.26 Å². The Balaban J connectivity index is 2.13. The summed E-state index contributed by atoms with van der Waals surface area (Å²) in [7, 11) is 4.33. The van der Waals surface area contributed by atoms with Crippen molar-refractivity contribution in [3.05, 3.63) is 17.7 Å². The molecule has 152 valence electrons. The van der Waals surface area contributed by atoms with Crippen LogP contribution in [0.2, 0.25) is 0 Å². The van der Waals surface area contributed by atoms with E-state index in [9.17, 15) is 14.9 Å². The number of nitrogens with one attached hydrogen (secondary N) is 1. The molecule has 0 unspecified atom stereocenters. The topological polar surface area (TPSA) is 107 Å². The fourth-order valence-corrected chi connectivity index (χ4v) is 3.22. The Kier molecular flexibility index (Phi) is 7.10. The summed E-state index contributed by atoms with van der Waals surface area (Å²) >= 11 is 0. The van der Waals surface area contributed by atoms with E-state index in [1.807, 2.05) is 0 Å². The molecule has 1 aliphatic rings. The predicted octanol–water partition coefficient (Wildman–Crippen LogP) is 2.60. The molecule has 1 N–H and O–H groups in total. The number of ether oxygens (including phenoxy) is 4. The van der Waals surface area contributed by atoms with Gasteiger partial charge in [0.25, 0.3) is 5.91 Å². The van der Waals surface area contributed by atoms with Crippen LogP contribution in [0.5, 0.6) is 17.2 Å². The fourth-order valence-electron chi connectivity index (χ4n) is 3.22. The quantitative estimate of drug-likeness (QED) is 0.713. The number of esters is 1. The van der Waals surface area contributed by atoms with Crippen LogP contribution in [0, 0.1) is 11.3 Å². The van der Waals surface area contributed by atoms with E-state index in [2.05, 4.69) is 11.4 Å². The van der Waals surface area contributed by atoms with Crippen molar-refractivity contribution in [1.29, 1.82) is 5.26 Å². The lowest BCUT2D eigenvalue weighted by molar-refractivity contribution is -0.130. The van der Waals surface area contributed by atoms with Gasteiger partial charge in [0.05, 0.1) is 27.4 Å². The number of nitrogens with zero attached hydrogens (tertiary/aromatic N) is 1. The van der Waals surface area contributed by atoms with Gasteiger partial charge in [0.15, 0.2) is 17.6 Å². The second-order valence-electron chi connectivity index (χ2n) is 6.70. The van der Waals surface area contributed by atoms with Crippen LogP contribution in [-0.4, -0.2) is 44.8 Å². The van der Waals surface area contributed by atoms with Crippen LogP contribution in [0.4, 0.5) is 0 Å². The average Bonchev–Trinajstić information content (AvgIpc) is 2.72. The molecule has 0 aliphatic heterocycles. The molecule has 1 aromatic rings. The molecule has 1 aromatic carbocycles. The van der Waals surface area contributed by atoms with E-state index < -0.39 is 23.5 Å². The van der Waals surface area contributed by atoms with Gasteiger partial charge >= 0.3 is 5.97 Å². The van der Waals surface area contributed by atoms with Crippen LogP contribution < -0.4 is 19.5 Å². The zero-order valence-corrected chi connectivity index (χ0v) is 16.7. The van der Waals surface area contributed by atoms with E-state index in [0.717, 1.165) is 19.3 Å². The molecule has 1 aliphatic carbocycles. The number of rotatable bonds is 7. The minimum Gasteiger partial charge on any atom is -0.496 e. The summed E-state index contributed by atoms with van der Waals surface area (Å²) < 4.78 is 20.9. The Morgan fingerprint density at radius 3 is 2.14 bits per heavy atom. The van der Waals surface area contributed by atoms with Crippen LogP contribution in [-0.2, 0) is 9.53 Å². The number of nitriles is 1. The van der Waals surface area contributed by atoms with Crippen LogP contribution in [0.15, 0.2) is 12.1 Å². The number of carbonyl (C=O) groups excluding carboxylic acids is 2. The fraction of sp³-hybridized carbons (Fsp3) is 0.550. The molecule has 1 amide bonds. The number of methoxy groups -OCH3 is 3. The summed E-state index contributed by atoms with van der Waals surface area (Å²) in [5, 5.41) is 12.2. The van der Waals surface area contributed by atoms with E-state index in [0.29, 0.717) is 24.3 Å². The standard InChI is InChI=1S/C20H26N2O6/c1-13(18(23)22-20(12-21)8-6-5-7-9-20)28-19(24)14-10-16(26-3)17(27-4)11-15(14)25-2/h10-11,13H,5-9H2,1-4H3,(H,22,23)/t13-/m1/s1. The molecule has 2 rings (SSSR count). The van der Waals surface area contributed by atoms with E-state index in [-0.39, 0.29) is 11.3 Å². The number of amides is 1. The van der Waals surface area contributed by atoms with Gasteiger partial charge < -0.3 is 24.3 Å². The van der Waals surface area contributed by atoms with Crippen molar-refractivity contribution in [3.63, 3.8) is 0 Å². The maximum absolute atomic E-state index is 12.6. The second kappa shape index (κ2) is 9.31. The number of carbonyl (C=O) groups is 2. The van der Waals surface area contributed by atoms with E-state index in [4.69, 9.17) is 18.9 Å². The molecule has 8 heteroatoms. The van der Waals surface area contributed by atoms with E-state index in [1.165, 1.54) is 40.4 Å². The average molecular weight is 390 g/mol. The highest BCUT2D eigenvalue weighted by atomic mass is 16.6. The summed E-state index contributed by atoms with van der Waals surface area (Å²) in [6.45, 7) is 1.47. The first kappa shape index (κ1) is 21.4. The summed E-state index contributed by atoms with van der Waals surface area (Å²) in [6.07, 6.45) is 2.93. The third-order valence-electron chi connectivity index (χ3n) is 4.86. The molecule has 0 heterocycles. The highest BCUT2D eigenvalue weighted by Gasteiger charge is 2.35. The monoisotopic (exact) mass is 390 g/mol. The van der Waals surface area contributed by atoms with Crippen LogP contribution in [0.1, 0.15) is 49.4 Å². The Bertz CT molecular complexity index is 765. The van der Waals surface area contributed by atoms with Gasteiger partial charge in [-0.25, -0.2) is 4.79 Å². The first-order valence-corrected chi connectivity index (χ1v) is 9.14. The van der Waals surface area contributed by atoms with Crippen LogP contribution >= 0.6 is 0 Å². The number of benzene rings is 1. The lowest BCUT2D eigenvalue weighted by atomic mass is 9.83. The molecule has 0 spiro atoms. The van der Waals surface area contributed by atoms with Crippen molar-refractivity contribution >= 4 is 11.9 Å². The Labute approximate surface area is 164 Å². The maximum Gasteiger partial charge on any atom is 0.342 e. The van der Waals surface area contributed by atoms with Gasteiger partial charge in [0.1, 0.15) is 16.9 Å². The molecular formula is C20H26N2O6. The summed E-state index contributed by atoms with van der Waals surface area (Å²) in [6, 6.07) is 5.15. The molecule has 1 saturated carbocycles. The molecular weight excluding hydrogens is 364 g/mol. The molecule has 0 aromatic heterocycles. The SMILES string of the molecule is COc1cc(OC)c(C(=O)O[C@H](C)C(=O)NC2(C#N)CCCCC2)cc1OC.